The molecule has 196 valence electrons. The van der Waals surface area contributed by atoms with Gasteiger partial charge in [0.25, 0.3) is 5.91 Å². The Morgan fingerprint density at radius 1 is 0.949 bits per heavy atom. The molecule has 2 aromatic heterocycles. The van der Waals surface area contributed by atoms with E-state index in [0.717, 1.165) is 59.4 Å². The summed E-state index contributed by atoms with van der Waals surface area (Å²) >= 11 is 6.54. The van der Waals surface area contributed by atoms with Gasteiger partial charge in [-0.3, -0.25) is 4.79 Å². The van der Waals surface area contributed by atoms with Gasteiger partial charge < -0.3 is 9.47 Å². The number of rotatable bonds is 9. The monoisotopic (exact) mass is 534 g/mol. The zero-order valence-corrected chi connectivity index (χ0v) is 22.9. The van der Waals surface area contributed by atoms with E-state index in [2.05, 4.69) is 46.8 Å². The van der Waals surface area contributed by atoms with Crippen molar-refractivity contribution in [3.05, 3.63) is 118 Å². The van der Waals surface area contributed by atoms with Crippen molar-refractivity contribution in [3.63, 3.8) is 0 Å². The number of halogens is 1. The summed E-state index contributed by atoms with van der Waals surface area (Å²) in [5.41, 5.74) is 8.10. The highest BCUT2D eigenvalue weighted by atomic mass is 35.5. The topological polar surface area (TPSA) is 51.0 Å². The average Bonchev–Trinajstić information content (AvgIpc) is 3.51. The van der Waals surface area contributed by atoms with Crippen LogP contribution in [-0.2, 0) is 19.5 Å². The second-order valence-electron chi connectivity index (χ2n) is 10.2. The van der Waals surface area contributed by atoms with E-state index in [1.807, 2.05) is 53.4 Å². The van der Waals surface area contributed by atoms with Crippen LogP contribution in [0, 0.1) is 0 Å². The summed E-state index contributed by atoms with van der Waals surface area (Å²) in [6.07, 6.45) is 5.74. The van der Waals surface area contributed by atoms with Crippen LogP contribution in [0.15, 0.2) is 85.1 Å². The minimum absolute atomic E-state index is 0.0453. The van der Waals surface area contributed by atoms with Gasteiger partial charge in [-0.05, 0) is 64.9 Å². The van der Waals surface area contributed by atoms with Crippen molar-refractivity contribution in [1.82, 2.24) is 19.4 Å². The lowest BCUT2D eigenvalue weighted by Crippen LogP contribution is -2.33. The molecule has 0 spiro atoms. The van der Waals surface area contributed by atoms with Crippen LogP contribution in [0.3, 0.4) is 0 Å². The van der Waals surface area contributed by atoms with Gasteiger partial charge in [0.2, 0.25) is 0 Å². The first kappa shape index (κ1) is 25.3. The van der Waals surface area contributed by atoms with E-state index in [1.165, 1.54) is 16.7 Å². The lowest BCUT2D eigenvalue weighted by atomic mass is 9.98. The van der Waals surface area contributed by atoms with E-state index >= 15 is 0 Å². The normalized spacial score (nSPS) is 11.9. The molecule has 0 aliphatic heterocycles. The number of aromatic nitrogens is 3. The summed E-state index contributed by atoms with van der Waals surface area (Å²) in [5, 5.41) is 0.704. The van der Waals surface area contributed by atoms with Crippen molar-refractivity contribution in [3.8, 4) is 11.1 Å². The van der Waals surface area contributed by atoms with E-state index in [4.69, 9.17) is 16.6 Å². The highest BCUT2D eigenvalue weighted by Crippen LogP contribution is 2.39. The molecule has 0 fully saturated rings. The molecule has 0 unspecified atom stereocenters. The number of benzene rings is 3. The molecule has 0 saturated heterocycles. The third-order valence-electron chi connectivity index (χ3n) is 7.57. The molecular formula is C33H31ClN4O. The van der Waals surface area contributed by atoms with Crippen LogP contribution in [0.25, 0.3) is 22.3 Å². The minimum atomic E-state index is 0.0453. The largest absolute Gasteiger partial charge is 0.331 e. The zero-order chi connectivity index (χ0) is 26.8. The summed E-state index contributed by atoms with van der Waals surface area (Å²) in [7, 11) is 0. The average molecular weight is 535 g/mol. The summed E-state index contributed by atoms with van der Waals surface area (Å²) < 4.78 is 2.10. The fourth-order valence-electron chi connectivity index (χ4n) is 5.60. The molecule has 2 heterocycles. The standard InChI is InChI=1S/C33H31ClN4O/c1-2-3-8-19-37(33(39)27-15-9-13-24-20-23-11-4-6-14-26(23)31(24)27)22-30-36-29-17-10-18-35-32(29)38(30)21-25-12-5-7-16-28(25)34/h4-7,9-18H,2-3,8,19-22H2,1H3. The van der Waals surface area contributed by atoms with Gasteiger partial charge in [0.15, 0.2) is 5.65 Å². The molecular weight excluding hydrogens is 504 g/mol. The molecule has 1 aliphatic rings. The predicted molar refractivity (Wildman–Crippen MR) is 157 cm³/mol. The zero-order valence-electron chi connectivity index (χ0n) is 22.1. The number of amides is 1. The van der Waals surface area contributed by atoms with Crippen molar-refractivity contribution < 1.29 is 4.79 Å². The molecule has 39 heavy (non-hydrogen) atoms. The maximum absolute atomic E-state index is 14.3. The molecule has 0 saturated carbocycles. The molecule has 3 aromatic carbocycles. The Morgan fingerprint density at radius 3 is 2.64 bits per heavy atom. The number of hydrogen-bond acceptors (Lipinski definition) is 3. The van der Waals surface area contributed by atoms with Gasteiger partial charge in [0.1, 0.15) is 11.3 Å². The van der Waals surface area contributed by atoms with Crippen LogP contribution < -0.4 is 0 Å². The number of unbranched alkanes of at least 4 members (excludes halogenated alkanes) is 2. The molecule has 1 aliphatic carbocycles. The highest BCUT2D eigenvalue weighted by Gasteiger charge is 2.27. The third-order valence-corrected chi connectivity index (χ3v) is 7.94. The Kier molecular flexibility index (Phi) is 7.16. The number of hydrogen-bond donors (Lipinski definition) is 0. The molecule has 0 bridgehead atoms. The number of carbonyl (C=O) groups excluding carboxylic acids is 1. The van der Waals surface area contributed by atoms with E-state index in [1.54, 1.807) is 6.20 Å². The van der Waals surface area contributed by atoms with Crippen LogP contribution in [0.1, 0.15) is 59.1 Å². The number of nitrogens with zero attached hydrogens (tertiary/aromatic N) is 4. The van der Waals surface area contributed by atoms with Gasteiger partial charge in [0.05, 0.1) is 13.1 Å². The second-order valence-corrected chi connectivity index (χ2v) is 10.6. The summed E-state index contributed by atoms with van der Waals surface area (Å²) in [6.45, 7) is 3.78. The Bertz CT molecular complexity index is 1660. The number of fused-ring (bicyclic) bond motifs is 4. The molecule has 6 heteroatoms. The molecule has 0 radical (unpaired) electrons. The van der Waals surface area contributed by atoms with Crippen LogP contribution >= 0.6 is 11.6 Å². The number of imidazole rings is 1. The van der Waals surface area contributed by atoms with Crippen LogP contribution in [0.4, 0.5) is 0 Å². The fraction of sp³-hybridized carbons (Fsp3) is 0.242. The van der Waals surface area contributed by atoms with Crippen LogP contribution in [0.2, 0.25) is 5.02 Å². The van der Waals surface area contributed by atoms with Gasteiger partial charge in [-0.1, -0.05) is 86.0 Å². The van der Waals surface area contributed by atoms with Crippen molar-refractivity contribution in [1.29, 1.82) is 0 Å². The Balaban J connectivity index is 1.39. The van der Waals surface area contributed by atoms with Gasteiger partial charge in [-0.2, -0.15) is 0 Å². The molecule has 0 N–H and O–H groups in total. The van der Waals surface area contributed by atoms with E-state index in [0.29, 0.717) is 24.7 Å². The minimum Gasteiger partial charge on any atom is -0.331 e. The number of pyridine rings is 1. The van der Waals surface area contributed by atoms with Crippen molar-refractivity contribution in [2.45, 2.75) is 45.7 Å². The smallest absolute Gasteiger partial charge is 0.254 e. The quantitative estimate of drug-likeness (QED) is 0.180. The molecule has 5 nitrogen and oxygen atoms in total. The van der Waals surface area contributed by atoms with Crippen molar-refractivity contribution in [2.75, 3.05) is 6.54 Å². The van der Waals surface area contributed by atoms with Gasteiger partial charge in [0, 0.05) is 23.3 Å². The van der Waals surface area contributed by atoms with Crippen molar-refractivity contribution in [2.24, 2.45) is 0 Å². The third kappa shape index (κ3) is 4.95. The maximum Gasteiger partial charge on any atom is 0.254 e. The van der Waals surface area contributed by atoms with Crippen molar-refractivity contribution >= 4 is 28.7 Å². The predicted octanol–water partition coefficient (Wildman–Crippen LogP) is 7.54. The highest BCUT2D eigenvalue weighted by molar-refractivity contribution is 6.31. The summed E-state index contributed by atoms with van der Waals surface area (Å²) in [4.78, 5) is 25.9. The van der Waals surface area contributed by atoms with Gasteiger partial charge >= 0.3 is 0 Å². The lowest BCUT2D eigenvalue weighted by molar-refractivity contribution is 0.0735. The molecule has 1 amide bonds. The first-order valence-corrected chi connectivity index (χ1v) is 14.0. The van der Waals surface area contributed by atoms with Crippen LogP contribution in [0.5, 0.6) is 0 Å². The Hall–Kier alpha value is -3.96. The van der Waals surface area contributed by atoms with Gasteiger partial charge in [-0.15, -0.1) is 0 Å². The first-order valence-electron chi connectivity index (χ1n) is 13.7. The molecule has 5 aromatic rings. The van der Waals surface area contributed by atoms with E-state index in [9.17, 15) is 4.79 Å². The molecule has 6 rings (SSSR count). The maximum atomic E-state index is 14.3. The Labute approximate surface area is 234 Å². The summed E-state index contributed by atoms with van der Waals surface area (Å²) in [5.74, 6) is 0.852. The SMILES string of the molecule is CCCCCN(Cc1nc2cccnc2n1Cc1ccccc1Cl)C(=O)c1cccc2c1-c1ccccc1C2. The molecule has 0 atom stereocenters. The Morgan fingerprint density at radius 2 is 1.77 bits per heavy atom. The van der Waals surface area contributed by atoms with E-state index in [-0.39, 0.29) is 5.91 Å². The second kappa shape index (κ2) is 11.0. The number of carbonyl (C=O) groups is 1. The lowest BCUT2D eigenvalue weighted by Gasteiger charge is -2.24. The van der Waals surface area contributed by atoms with Crippen LogP contribution in [-0.4, -0.2) is 31.9 Å². The van der Waals surface area contributed by atoms with E-state index < -0.39 is 0 Å². The first-order chi connectivity index (χ1) is 19.1. The van der Waals surface area contributed by atoms with Gasteiger partial charge in [-0.25, -0.2) is 9.97 Å². The fourth-order valence-corrected chi connectivity index (χ4v) is 5.80. The summed E-state index contributed by atoms with van der Waals surface area (Å²) in [6, 6.07) is 26.3.